The van der Waals surface area contributed by atoms with E-state index in [1.807, 2.05) is 0 Å². The summed E-state index contributed by atoms with van der Waals surface area (Å²) in [5.41, 5.74) is 5.50. The van der Waals surface area contributed by atoms with E-state index in [-0.39, 0.29) is 34.8 Å². The van der Waals surface area contributed by atoms with Gasteiger partial charge in [0.1, 0.15) is 28.6 Å². The van der Waals surface area contributed by atoms with Gasteiger partial charge in [0.05, 0.1) is 12.7 Å². The molecular formula is C21H20FNO7S. The lowest BCUT2D eigenvalue weighted by atomic mass is 10.00. The molecule has 1 atom stereocenters. The van der Waals surface area contributed by atoms with Gasteiger partial charge in [-0.3, -0.25) is 0 Å². The minimum absolute atomic E-state index is 0.0292. The Labute approximate surface area is 178 Å². The van der Waals surface area contributed by atoms with E-state index in [1.165, 1.54) is 12.1 Å². The highest BCUT2D eigenvalue weighted by atomic mass is 32.2. The Morgan fingerprint density at radius 2 is 1.90 bits per heavy atom. The van der Waals surface area contributed by atoms with Gasteiger partial charge in [-0.15, -0.1) is 0 Å². The molecule has 2 aromatic carbocycles. The van der Waals surface area contributed by atoms with Gasteiger partial charge >= 0.3 is 16.1 Å². The fraction of sp³-hybridized carbons (Fsp3) is 0.190. The third-order valence-electron chi connectivity index (χ3n) is 4.53. The number of fused-ring (bicyclic) bond motifs is 1. The number of carbonyl (C=O) groups is 1. The highest BCUT2D eigenvalue weighted by Gasteiger charge is 2.44. The lowest BCUT2D eigenvalue weighted by molar-refractivity contribution is -0.137. The molecule has 0 aromatic heterocycles. The number of hydrogen-bond donors (Lipinski definition) is 2. The standard InChI is InChI=1S/C21H20FNO7S/c1-3-15(23)17(21(25)28-2)19-20(31(26,27)30-13-7-5-4-6-8-13)18(24)14-10-9-12(22)11-16(14)29-19/h4-11,19,24H,3,23H2,1-2H3/b17-15-. The second-order valence-electron chi connectivity index (χ2n) is 6.49. The number of hydrogen-bond acceptors (Lipinski definition) is 8. The highest BCUT2D eigenvalue weighted by Crippen LogP contribution is 2.40. The molecule has 10 heteroatoms. The molecule has 0 radical (unpaired) electrons. The second kappa shape index (κ2) is 8.68. The molecule has 164 valence electrons. The Balaban J connectivity index is 2.26. The smallest absolute Gasteiger partial charge is 0.343 e. The van der Waals surface area contributed by atoms with Crippen molar-refractivity contribution >= 4 is 21.8 Å². The molecular weight excluding hydrogens is 429 g/mol. The van der Waals surface area contributed by atoms with Crippen molar-refractivity contribution in [3.8, 4) is 11.5 Å². The SMILES string of the molecule is CC/C(N)=C(/C(=O)OC)C1Oc2cc(F)ccc2C(O)=C1S(=O)(=O)Oc1ccccc1. The number of rotatable bonds is 6. The molecule has 0 fully saturated rings. The van der Waals surface area contributed by atoms with E-state index in [2.05, 4.69) is 0 Å². The summed E-state index contributed by atoms with van der Waals surface area (Å²) in [6.45, 7) is 1.63. The average molecular weight is 449 g/mol. The number of nitrogens with two attached hydrogens (primary N) is 1. The molecule has 3 N–H and O–H groups in total. The number of para-hydroxylation sites is 1. The maximum atomic E-state index is 13.8. The maximum absolute atomic E-state index is 13.8. The summed E-state index contributed by atoms with van der Waals surface area (Å²) < 4.78 is 55.7. The zero-order valence-electron chi connectivity index (χ0n) is 16.7. The zero-order chi connectivity index (χ0) is 22.8. The van der Waals surface area contributed by atoms with Gasteiger partial charge in [-0.05, 0) is 30.7 Å². The molecule has 31 heavy (non-hydrogen) atoms. The van der Waals surface area contributed by atoms with Crippen molar-refractivity contribution in [3.63, 3.8) is 0 Å². The number of ether oxygens (including phenoxy) is 2. The lowest BCUT2D eigenvalue weighted by Gasteiger charge is -2.29. The quantitative estimate of drug-likeness (QED) is 0.392. The van der Waals surface area contributed by atoms with Crippen LogP contribution in [0, 0.1) is 5.82 Å². The van der Waals surface area contributed by atoms with Gasteiger partial charge < -0.3 is 24.5 Å². The summed E-state index contributed by atoms with van der Waals surface area (Å²) in [5, 5.41) is 10.9. The molecule has 0 amide bonds. The van der Waals surface area contributed by atoms with Gasteiger partial charge in [0, 0.05) is 11.8 Å². The van der Waals surface area contributed by atoms with Gasteiger partial charge in [0.2, 0.25) is 0 Å². The van der Waals surface area contributed by atoms with Gasteiger partial charge in [0.15, 0.2) is 11.0 Å². The fourth-order valence-corrected chi connectivity index (χ4v) is 4.25. The topological polar surface area (TPSA) is 125 Å². The summed E-state index contributed by atoms with van der Waals surface area (Å²) in [6.07, 6.45) is -1.58. The first-order valence-electron chi connectivity index (χ1n) is 9.15. The number of aliphatic hydroxyl groups excluding tert-OH is 1. The van der Waals surface area contributed by atoms with Crippen molar-refractivity contribution in [1.29, 1.82) is 0 Å². The molecule has 0 aliphatic carbocycles. The minimum Gasteiger partial charge on any atom is -0.506 e. The second-order valence-corrected chi connectivity index (χ2v) is 8.00. The van der Waals surface area contributed by atoms with Crippen molar-refractivity contribution < 1.29 is 36.4 Å². The Hall–Kier alpha value is -3.53. The Morgan fingerprint density at radius 3 is 2.52 bits per heavy atom. The molecule has 0 bridgehead atoms. The largest absolute Gasteiger partial charge is 0.506 e. The monoisotopic (exact) mass is 449 g/mol. The third kappa shape index (κ3) is 4.33. The normalized spacial score (nSPS) is 16.7. The number of halogens is 1. The van der Waals surface area contributed by atoms with Crippen LogP contribution in [-0.2, 0) is 19.6 Å². The first-order chi connectivity index (χ1) is 14.7. The van der Waals surface area contributed by atoms with Crippen molar-refractivity contribution in [2.24, 2.45) is 5.73 Å². The third-order valence-corrected chi connectivity index (χ3v) is 5.89. The van der Waals surface area contributed by atoms with Crippen LogP contribution in [0.3, 0.4) is 0 Å². The van der Waals surface area contributed by atoms with Crippen molar-refractivity contribution in [3.05, 3.63) is 76.1 Å². The molecule has 0 saturated heterocycles. The maximum Gasteiger partial charge on any atom is 0.343 e. The van der Waals surface area contributed by atoms with Crippen LogP contribution in [-0.4, -0.2) is 32.7 Å². The molecule has 2 aromatic rings. The van der Waals surface area contributed by atoms with E-state index in [9.17, 15) is 22.7 Å². The number of benzene rings is 2. The first kappa shape index (κ1) is 22.2. The number of methoxy groups -OCH3 is 1. The molecule has 0 saturated carbocycles. The highest BCUT2D eigenvalue weighted by molar-refractivity contribution is 7.91. The molecule has 0 spiro atoms. The van der Waals surface area contributed by atoms with Crippen LogP contribution < -0.4 is 14.7 Å². The molecule has 8 nitrogen and oxygen atoms in total. The predicted octanol–water partition coefficient (Wildman–Crippen LogP) is 3.02. The number of aliphatic hydroxyl groups is 1. The van der Waals surface area contributed by atoms with E-state index < -0.39 is 38.7 Å². The molecule has 1 aliphatic heterocycles. The summed E-state index contributed by atoms with van der Waals surface area (Å²) in [7, 11) is -3.62. The number of esters is 1. The molecule has 3 rings (SSSR count). The Bertz CT molecular complexity index is 1170. The van der Waals surface area contributed by atoms with Gasteiger partial charge in [-0.1, -0.05) is 25.1 Å². The van der Waals surface area contributed by atoms with E-state index in [4.69, 9.17) is 19.4 Å². The van der Waals surface area contributed by atoms with Crippen LogP contribution in [0.15, 0.2) is 64.7 Å². The van der Waals surface area contributed by atoms with E-state index in [0.717, 1.165) is 25.3 Å². The zero-order valence-corrected chi connectivity index (χ0v) is 17.5. The Morgan fingerprint density at radius 1 is 1.23 bits per heavy atom. The van der Waals surface area contributed by atoms with Gasteiger partial charge in [-0.25, -0.2) is 9.18 Å². The summed E-state index contributed by atoms with van der Waals surface area (Å²) >= 11 is 0. The van der Waals surface area contributed by atoms with E-state index in [1.54, 1.807) is 25.1 Å². The van der Waals surface area contributed by atoms with Crippen molar-refractivity contribution in [2.75, 3.05) is 7.11 Å². The summed E-state index contributed by atoms with van der Waals surface area (Å²) in [6, 6.07) is 10.7. The predicted molar refractivity (Wildman–Crippen MR) is 110 cm³/mol. The minimum atomic E-state index is -4.70. The molecule has 1 unspecified atom stereocenters. The number of carbonyl (C=O) groups excluding carboxylic acids is 1. The number of allylic oxidation sites excluding steroid dienone is 1. The Kier molecular flexibility index (Phi) is 6.21. The average Bonchev–Trinajstić information content (AvgIpc) is 2.73. The van der Waals surface area contributed by atoms with E-state index in [0.29, 0.717) is 0 Å². The fourth-order valence-electron chi connectivity index (χ4n) is 3.02. The van der Waals surface area contributed by atoms with Crippen LogP contribution >= 0.6 is 0 Å². The van der Waals surface area contributed by atoms with Crippen LogP contribution in [0.4, 0.5) is 4.39 Å². The summed E-state index contributed by atoms with van der Waals surface area (Å²) in [4.78, 5) is 11.7. The van der Waals surface area contributed by atoms with Crippen LogP contribution in [0.25, 0.3) is 5.76 Å². The van der Waals surface area contributed by atoms with Crippen LogP contribution in [0.5, 0.6) is 11.5 Å². The lowest BCUT2D eigenvalue weighted by Crippen LogP contribution is -2.37. The van der Waals surface area contributed by atoms with Crippen LogP contribution in [0.2, 0.25) is 0 Å². The summed E-state index contributed by atoms with van der Waals surface area (Å²) in [5.74, 6) is -2.62. The molecule has 1 aliphatic rings. The van der Waals surface area contributed by atoms with Gasteiger partial charge in [0.25, 0.3) is 0 Å². The van der Waals surface area contributed by atoms with Crippen LogP contribution in [0.1, 0.15) is 18.9 Å². The first-order valence-corrected chi connectivity index (χ1v) is 10.6. The van der Waals surface area contributed by atoms with Crippen molar-refractivity contribution in [2.45, 2.75) is 19.4 Å². The van der Waals surface area contributed by atoms with E-state index >= 15 is 0 Å². The molecule has 1 heterocycles. The van der Waals surface area contributed by atoms with Gasteiger partial charge in [-0.2, -0.15) is 8.42 Å². The van der Waals surface area contributed by atoms with Crippen molar-refractivity contribution in [1.82, 2.24) is 0 Å².